The summed E-state index contributed by atoms with van der Waals surface area (Å²) in [7, 11) is -3.70. The first kappa shape index (κ1) is 16.4. The molecule has 2 N–H and O–H groups in total. The quantitative estimate of drug-likeness (QED) is 0.848. The molecule has 0 amide bonds. The smallest absolute Gasteiger partial charge is 0.241 e. The maximum absolute atomic E-state index is 13.5. The van der Waals surface area contributed by atoms with Crippen LogP contribution in [0.4, 0.5) is 4.39 Å². The summed E-state index contributed by atoms with van der Waals surface area (Å²) >= 11 is 0. The Kier molecular flexibility index (Phi) is 4.70. The molecule has 1 aliphatic carbocycles. The van der Waals surface area contributed by atoms with Gasteiger partial charge in [0.05, 0.1) is 4.90 Å². The Morgan fingerprint density at radius 2 is 1.95 bits per heavy atom. The molecule has 0 radical (unpaired) electrons. The van der Waals surface area contributed by atoms with Crippen LogP contribution in [-0.2, 0) is 16.6 Å². The van der Waals surface area contributed by atoms with Crippen molar-refractivity contribution in [3.05, 3.63) is 29.6 Å². The van der Waals surface area contributed by atoms with Crippen molar-refractivity contribution in [2.24, 2.45) is 5.41 Å². The Bertz CT molecular complexity index is 605. The van der Waals surface area contributed by atoms with Crippen LogP contribution in [0.25, 0.3) is 0 Å². The van der Waals surface area contributed by atoms with Gasteiger partial charge in [-0.25, -0.2) is 17.5 Å². The Morgan fingerprint density at radius 1 is 1.29 bits per heavy atom. The summed E-state index contributed by atoms with van der Waals surface area (Å²) in [6.45, 7) is 6.57. The van der Waals surface area contributed by atoms with Gasteiger partial charge in [-0.15, -0.1) is 0 Å². The highest BCUT2D eigenvalue weighted by Gasteiger charge is 2.24. The second-order valence-electron chi connectivity index (χ2n) is 6.79. The van der Waals surface area contributed by atoms with Crippen molar-refractivity contribution in [1.29, 1.82) is 0 Å². The van der Waals surface area contributed by atoms with E-state index in [-0.39, 0.29) is 10.3 Å². The van der Waals surface area contributed by atoms with Crippen LogP contribution in [0.5, 0.6) is 0 Å². The van der Waals surface area contributed by atoms with Crippen molar-refractivity contribution in [3.63, 3.8) is 0 Å². The van der Waals surface area contributed by atoms with Crippen LogP contribution in [0, 0.1) is 11.2 Å². The number of hydrogen-bond donors (Lipinski definition) is 2. The van der Waals surface area contributed by atoms with Gasteiger partial charge in [0.15, 0.2) is 0 Å². The molecule has 118 valence electrons. The van der Waals surface area contributed by atoms with Crippen molar-refractivity contribution >= 4 is 10.0 Å². The van der Waals surface area contributed by atoms with E-state index in [4.69, 9.17) is 0 Å². The molecule has 6 heteroatoms. The number of halogens is 1. The van der Waals surface area contributed by atoms with Crippen LogP contribution in [-0.4, -0.2) is 21.0 Å². The van der Waals surface area contributed by atoms with Crippen LogP contribution in [0.2, 0.25) is 0 Å². The lowest BCUT2D eigenvalue weighted by Gasteiger charge is -2.20. The summed E-state index contributed by atoms with van der Waals surface area (Å²) in [4.78, 5) is 0.0277. The fraction of sp³-hybridized carbons (Fsp3) is 0.600. The van der Waals surface area contributed by atoms with E-state index in [1.165, 1.54) is 12.1 Å². The van der Waals surface area contributed by atoms with E-state index in [0.717, 1.165) is 18.9 Å². The molecule has 1 aromatic carbocycles. The molecule has 4 nitrogen and oxygen atoms in total. The first-order valence-electron chi connectivity index (χ1n) is 7.19. The normalized spacial score (nSPS) is 16.2. The van der Waals surface area contributed by atoms with Crippen LogP contribution in [0.1, 0.15) is 39.2 Å². The lowest BCUT2D eigenvalue weighted by atomic mass is 9.98. The van der Waals surface area contributed by atoms with Crippen molar-refractivity contribution < 1.29 is 12.8 Å². The van der Waals surface area contributed by atoms with Crippen molar-refractivity contribution in [1.82, 2.24) is 10.0 Å². The van der Waals surface area contributed by atoms with E-state index in [0.29, 0.717) is 24.7 Å². The number of nitrogens with one attached hydrogen (secondary N) is 2. The molecule has 0 unspecified atom stereocenters. The van der Waals surface area contributed by atoms with Gasteiger partial charge in [-0.3, -0.25) is 0 Å². The molecule has 0 heterocycles. The van der Waals surface area contributed by atoms with Crippen LogP contribution < -0.4 is 10.0 Å². The third-order valence-corrected chi connectivity index (χ3v) is 4.75. The van der Waals surface area contributed by atoms with Crippen molar-refractivity contribution in [2.75, 3.05) is 6.54 Å². The summed E-state index contributed by atoms with van der Waals surface area (Å²) < 4.78 is 40.8. The van der Waals surface area contributed by atoms with Gasteiger partial charge in [0.25, 0.3) is 0 Å². The Balaban J connectivity index is 2.20. The van der Waals surface area contributed by atoms with Gasteiger partial charge in [0, 0.05) is 19.1 Å². The molecule has 1 fully saturated rings. The zero-order chi connectivity index (χ0) is 15.7. The van der Waals surface area contributed by atoms with Gasteiger partial charge >= 0.3 is 0 Å². The zero-order valence-corrected chi connectivity index (χ0v) is 13.6. The maximum Gasteiger partial charge on any atom is 0.241 e. The standard InChI is InChI=1S/C15H23FN2O2S/c1-15(2,3)10-18-21(19,20)14-8-12(16)5-4-11(14)9-17-13-6-7-13/h4-5,8,13,17-18H,6-7,9-10H2,1-3H3. The molecule has 21 heavy (non-hydrogen) atoms. The topological polar surface area (TPSA) is 58.2 Å². The van der Waals surface area contributed by atoms with Gasteiger partial charge in [-0.2, -0.15) is 0 Å². The van der Waals surface area contributed by atoms with Gasteiger partial charge in [-0.05, 0) is 36.0 Å². The van der Waals surface area contributed by atoms with E-state index in [9.17, 15) is 12.8 Å². The van der Waals surface area contributed by atoms with E-state index >= 15 is 0 Å². The predicted molar refractivity (Wildman–Crippen MR) is 80.9 cm³/mol. The van der Waals surface area contributed by atoms with Crippen LogP contribution in [0.3, 0.4) is 0 Å². The van der Waals surface area contributed by atoms with Gasteiger partial charge < -0.3 is 5.32 Å². The van der Waals surface area contributed by atoms with Crippen molar-refractivity contribution in [3.8, 4) is 0 Å². The largest absolute Gasteiger partial charge is 0.310 e. The summed E-state index contributed by atoms with van der Waals surface area (Å²) in [5.74, 6) is -0.540. The molecule has 0 aromatic heterocycles. The highest BCUT2D eigenvalue weighted by atomic mass is 32.2. The van der Waals surface area contributed by atoms with E-state index in [1.807, 2.05) is 20.8 Å². The Labute approximate surface area is 126 Å². The minimum atomic E-state index is -3.70. The summed E-state index contributed by atoms with van der Waals surface area (Å²) in [6.07, 6.45) is 2.23. The van der Waals surface area contributed by atoms with Gasteiger partial charge in [-0.1, -0.05) is 26.8 Å². The minimum absolute atomic E-state index is 0.0277. The molecule has 0 aliphatic heterocycles. The van der Waals surface area contributed by atoms with Crippen LogP contribution in [0.15, 0.2) is 23.1 Å². The molecule has 0 saturated heterocycles. The van der Waals surface area contributed by atoms with E-state index < -0.39 is 15.8 Å². The van der Waals surface area contributed by atoms with E-state index in [1.54, 1.807) is 0 Å². The van der Waals surface area contributed by atoms with Gasteiger partial charge in [0.2, 0.25) is 10.0 Å². The van der Waals surface area contributed by atoms with Crippen molar-refractivity contribution in [2.45, 2.75) is 51.1 Å². The fourth-order valence-corrected chi connectivity index (χ4v) is 3.39. The SMILES string of the molecule is CC(C)(C)CNS(=O)(=O)c1cc(F)ccc1CNC1CC1. The molecule has 1 aromatic rings. The minimum Gasteiger partial charge on any atom is -0.310 e. The van der Waals surface area contributed by atoms with Gasteiger partial charge in [0.1, 0.15) is 5.82 Å². The predicted octanol–water partition coefficient (Wildman–Crippen LogP) is 2.40. The second kappa shape index (κ2) is 6.02. The molecule has 0 bridgehead atoms. The number of sulfonamides is 1. The average Bonchev–Trinajstić information content (AvgIpc) is 3.18. The molecule has 0 atom stereocenters. The highest BCUT2D eigenvalue weighted by Crippen LogP contribution is 2.22. The third-order valence-electron chi connectivity index (χ3n) is 3.27. The summed E-state index contributed by atoms with van der Waals surface area (Å²) in [6, 6.07) is 4.39. The first-order chi connectivity index (χ1) is 9.67. The fourth-order valence-electron chi connectivity index (χ4n) is 1.86. The summed E-state index contributed by atoms with van der Waals surface area (Å²) in [5, 5.41) is 3.26. The maximum atomic E-state index is 13.5. The Morgan fingerprint density at radius 3 is 2.52 bits per heavy atom. The zero-order valence-electron chi connectivity index (χ0n) is 12.7. The number of rotatable bonds is 6. The molecular formula is C15H23FN2O2S. The molecule has 1 saturated carbocycles. The first-order valence-corrected chi connectivity index (χ1v) is 8.67. The lowest BCUT2D eigenvalue weighted by Crippen LogP contribution is -2.33. The highest BCUT2D eigenvalue weighted by molar-refractivity contribution is 7.89. The lowest BCUT2D eigenvalue weighted by molar-refractivity contribution is 0.407. The second-order valence-corrected chi connectivity index (χ2v) is 8.53. The summed E-state index contributed by atoms with van der Waals surface area (Å²) in [5.41, 5.74) is 0.428. The monoisotopic (exact) mass is 314 g/mol. The third kappa shape index (κ3) is 5.05. The average molecular weight is 314 g/mol. The van der Waals surface area contributed by atoms with E-state index in [2.05, 4.69) is 10.0 Å². The Hall–Kier alpha value is -0.980. The van der Waals surface area contributed by atoms with Crippen LogP contribution >= 0.6 is 0 Å². The molecule has 0 spiro atoms. The molecule has 1 aliphatic rings. The number of hydrogen-bond acceptors (Lipinski definition) is 3. The number of benzene rings is 1. The molecular weight excluding hydrogens is 291 g/mol. The molecule has 2 rings (SSSR count).